The molecule has 0 spiro atoms. The number of nitrogens with one attached hydrogen (secondary N) is 1. The first-order chi connectivity index (χ1) is 11.5. The monoisotopic (exact) mass is 371 g/mol. The van der Waals surface area contributed by atoms with Gasteiger partial charge in [-0.15, -0.1) is 0 Å². The number of carbonyl (C=O) groups excluding carboxylic acids is 2. The molecule has 0 atom stereocenters. The van der Waals surface area contributed by atoms with Crippen LogP contribution in [-0.4, -0.2) is 25.1 Å². The van der Waals surface area contributed by atoms with Crippen LogP contribution in [0.2, 0.25) is 10.0 Å². The molecule has 2 aromatic carbocycles. The van der Waals surface area contributed by atoms with E-state index in [0.717, 1.165) is 0 Å². The largest absolute Gasteiger partial charge is 0.479 e. The van der Waals surface area contributed by atoms with Gasteiger partial charge in [-0.05, 0) is 30.3 Å². The first-order valence-corrected chi connectivity index (χ1v) is 7.49. The van der Waals surface area contributed by atoms with E-state index in [4.69, 9.17) is 32.7 Å². The van der Waals surface area contributed by atoms with Crippen LogP contribution in [0.3, 0.4) is 0 Å². The molecule has 0 heterocycles. The van der Waals surface area contributed by atoms with E-state index in [1.54, 1.807) is 12.1 Å². The summed E-state index contributed by atoms with van der Waals surface area (Å²) in [5.41, 5.74) is 0.338. The van der Waals surface area contributed by atoms with E-state index in [-0.39, 0.29) is 10.8 Å². The minimum atomic E-state index is -0.810. The van der Waals surface area contributed by atoms with Crippen LogP contribution >= 0.6 is 23.2 Å². The van der Waals surface area contributed by atoms with Gasteiger partial charge in [0.2, 0.25) is 0 Å². The summed E-state index contributed by atoms with van der Waals surface area (Å²) in [6, 6.07) is 10.2. The van der Waals surface area contributed by atoms with Gasteiger partial charge in [-0.1, -0.05) is 35.3 Å². The number of ether oxygens (including phenoxy) is 2. The standard InChI is InChI=1S/C16H12Cl2FNO4/c17-10-5-6-13(11(18)7-10)20-15(21)8-24-16(22)9-23-14-4-2-1-3-12(14)19/h1-7H,8-9H2,(H,20,21). The number of hydrogen-bond acceptors (Lipinski definition) is 4. The highest BCUT2D eigenvalue weighted by Crippen LogP contribution is 2.25. The number of amides is 1. The highest BCUT2D eigenvalue weighted by molar-refractivity contribution is 6.36. The van der Waals surface area contributed by atoms with Gasteiger partial charge in [0.15, 0.2) is 24.8 Å². The van der Waals surface area contributed by atoms with Crippen LogP contribution in [0.4, 0.5) is 10.1 Å². The fourth-order valence-electron chi connectivity index (χ4n) is 1.66. The lowest BCUT2D eigenvalue weighted by atomic mass is 10.3. The van der Waals surface area contributed by atoms with Crippen LogP contribution in [0.5, 0.6) is 5.75 Å². The minimum absolute atomic E-state index is 0.0770. The Morgan fingerprint density at radius 2 is 1.83 bits per heavy atom. The summed E-state index contributed by atoms with van der Waals surface area (Å²) in [6.07, 6.45) is 0. The number of rotatable bonds is 6. The van der Waals surface area contributed by atoms with E-state index in [1.807, 2.05) is 0 Å². The quantitative estimate of drug-likeness (QED) is 0.786. The van der Waals surface area contributed by atoms with E-state index in [9.17, 15) is 14.0 Å². The maximum Gasteiger partial charge on any atom is 0.344 e. The number of carbonyl (C=O) groups is 2. The third kappa shape index (κ3) is 5.40. The lowest BCUT2D eigenvalue weighted by Gasteiger charge is -2.09. The average Bonchev–Trinajstić information content (AvgIpc) is 2.55. The Balaban J connectivity index is 1.77. The van der Waals surface area contributed by atoms with Gasteiger partial charge in [0.25, 0.3) is 5.91 Å². The molecule has 126 valence electrons. The van der Waals surface area contributed by atoms with Gasteiger partial charge >= 0.3 is 5.97 Å². The molecule has 0 aliphatic rings. The molecule has 0 radical (unpaired) electrons. The smallest absolute Gasteiger partial charge is 0.344 e. The Morgan fingerprint density at radius 3 is 2.54 bits per heavy atom. The highest BCUT2D eigenvalue weighted by atomic mass is 35.5. The zero-order valence-electron chi connectivity index (χ0n) is 12.2. The molecule has 0 saturated carbocycles. The summed E-state index contributed by atoms with van der Waals surface area (Å²) in [6.45, 7) is -1.05. The molecular formula is C16H12Cl2FNO4. The molecule has 2 aromatic rings. The van der Waals surface area contributed by atoms with E-state index in [2.05, 4.69) is 5.32 Å². The summed E-state index contributed by atoms with van der Waals surface area (Å²) in [4.78, 5) is 23.2. The molecule has 1 N–H and O–H groups in total. The summed E-state index contributed by atoms with van der Waals surface area (Å²) in [5.74, 6) is -2.07. The van der Waals surface area contributed by atoms with Crippen LogP contribution in [0.15, 0.2) is 42.5 Å². The van der Waals surface area contributed by atoms with Gasteiger partial charge in [-0.3, -0.25) is 4.79 Å². The van der Waals surface area contributed by atoms with E-state index >= 15 is 0 Å². The average molecular weight is 372 g/mol. The predicted octanol–water partition coefficient (Wildman–Crippen LogP) is 3.69. The Labute approximate surface area is 147 Å². The Hall–Kier alpha value is -2.31. The SMILES string of the molecule is O=C(COC(=O)COc1ccccc1F)Nc1ccc(Cl)cc1Cl. The third-order valence-electron chi connectivity index (χ3n) is 2.75. The molecule has 0 unspecified atom stereocenters. The van der Waals surface area contributed by atoms with Crippen molar-refractivity contribution < 1.29 is 23.5 Å². The number of halogens is 3. The number of benzene rings is 2. The first kappa shape index (κ1) is 18.0. The number of esters is 1. The van der Waals surface area contributed by atoms with Crippen LogP contribution in [0.25, 0.3) is 0 Å². The maximum atomic E-state index is 13.3. The van der Waals surface area contributed by atoms with Crippen molar-refractivity contribution in [2.45, 2.75) is 0 Å². The first-order valence-electron chi connectivity index (χ1n) is 6.73. The van der Waals surface area contributed by atoms with Crippen LogP contribution in [0.1, 0.15) is 0 Å². The van der Waals surface area contributed by atoms with Crippen molar-refractivity contribution >= 4 is 40.8 Å². The molecule has 0 aliphatic heterocycles. The van der Waals surface area contributed by atoms with Gasteiger partial charge in [0, 0.05) is 5.02 Å². The molecule has 0 fully saturated rings. The second-order valence-corrected chi connectivity index (χ2v) is 5.40. The third-order valence-corrected chi connectivity index (χ3v) is 3.30. The molecule has 1 amide bonds. The molecular weight excluding hydrogens is 360 g/mol. The molecule has 0 aliphatic carbocycles. The van der Waals surface area contributed by atoms with Gasteiger partial charge in [0.1, 0.15) is 0 Å². The van der Waals surface area contributed by atoms with Gasteiger partial charge in [0.05, 0.1) is 10.7 Å². The van der Waals surface area contributed by atoms with Crippen LogP contribution < -0.4 is 10.1 Å². The number of para-hydroxylation sites is 1. The summed E-state index contributed by atoms with van der Waals surface area (Å²) in [5, 5.41) is 3.15. The lowest BCUT2D eigenvalue weighted by molar-refractivity contribution is -0.149. The predicted molar refractivity (Wildman–Crippen MR) is 87.9 cm³/mol. The van der Waals surface area contributed by atoms with Crippen molar-refractivity contribution in [3.8, 4) is 5.75 Å². The summed E-state index contributed by atoms with van der Waals surface area (Å²) >= 11 is 11.7. The molecule has 8 heteroatoms. The highest BCUT2D eigenvalue weighted by Gasteiger charge is 2.11. The minimum Gasteiger partial charge on any atom is -0.479 e. The molecule has 24 heavy (non-hydrogen) atoms. The van der Waals surface area contributed by atoms with Crippen molar-refractivity contribution in [2.75, 3.05) is 18.5 Å². The normalized spacial score (nSPS) is 10.1. The van der Waals surface area contributed by atoms with Crippen molar-refractivity contribution in [3.05, 3.63) is 58.3 Å². The van der Waals surface area contributed by atoms with E-state index < -0.39 is 30.9 Å². The second kappa shape index (κ2) is 8.52. The molecule has 0 aromatic heterocycles. The molecule has 0 saturated heterocycles. The molecule has 2 rings (SSSR count). The molecule has 0 bridgehead atoms. The Kier molecular flexibility index (Phi) is 6.40. The summed E-state index contributed by atoms with van der Waals surface area (Å²) < 4.78 is 23.0. The maximum absolute atomic E-state index is 13.3. The lowest BCUT2D eigenvalue weighted by Crippen LogP contribution is -2.23. The zero-order valence-corrected chi connectivity index (χ0v) is 13.7. The molecule has 5 nitrogen and oxygen atoms in total. The van der Waals surface area contributed by atoms with Crippen molar-refractivity contribution in [3.63, 3.8) is 0 Å². The van der Waals surface area contributed by atoms with Gasteiger partial charge in [-0.25, -0.2) is 9.18 Å². The zero-order chi connectivity index (χ0) is 17.5. The van der Waals surface area contributed by atoms with Gasteiger partial charge < -0.3 is 14.8 Å². The van der Waals surface area contributed by atoms with Crippen LogP contribution in [0, 0.1) is 5.82 Å². The van der Waals surface area contributed by atoms with Crippen molar-refractivity contribution in [2.24, 2.45) is 0 Å². The van der Waals surface area contributed by atoms with Gasteiger partial charge in [-0.2, -0.15) is 0 Å². The number of hydrogen-bond donors (Lipinski definition) is 1. The fourth-order valence-corrected chi connectivity index (χ4v) is 2.12. The van der Waals surface area contributed by atoms with E-state index in [1.165, 1.54) is 30.3 Å². The Bertz CT molecular complexity index is 755. The van der Waals surface area contributed by atoms with Crippen molar-refractivity contribution in [1.82, 2.24) is 0 Å². The van der Waals surface area contributed by atoms with Crippen LogP contribution in [-0.2, 0) is 14.3 Å². The topological polar surface area (TPSA) is 64.6 Å². The fraction of sp³-hybridized carbons (Fsp3) is 0.125. The second-order valence-electron chi connectivity index (χ2n) is 4.55. The number of anilines is 1. The van der Waals surface area contributed by atoms with Crippen molar-refractivity contribution in [1.29, 1.82) is 0 Å². The van der Waals surface area contributed by atoms with E-state index in [0.29, 0.717) is 10.7 Å². The summed E-state index contributed by atoms with van der Waals surface area (Å²) in [7, 11) is 0. The Morgan fingerprint density at radius 1 is 1.08 bits per heavy atom.